The van der Waals surface area contributed by atoms with Crippen LogP contribution in [-0.2, 0) is 6.54 Å². The minimum Gasteiger partial charge on any atom is -0.444 e. The fourth-order valence-corrected chi connectivity index (χ4v) is 1.41. The molecule has 2 aromatic heterocycles. The number of hydrogen-bond donors (Lipinski definition) is 2. The van der Waals surface area contributed by atoms with E-state index < -0.39 is 0 Å². The van der Waals surface area contributed by atoms with Crippen molar-refractivity contribution in [2.24, 2.45) is 0 Å². The van der Waals surface area contributed by atoms with Crippen LogP contribution in [0, 0.1) is 20.8 Å². The van der Waals surface area contributed by atoms with Crippen LogP contribution in [0.25, 0.3) is 0 Å². The summed E-state index contributed by atoms with van der Waals surface area (Å²) in [7, 11) is 0. The zero-order chi connectivity index (χ0) is 12.4. The molecule has 0 aliphatic rings. The largest absolute Gasteiger partial charge is 0.444 e. The molecule has 0 saturated heterocycles. The predicted molar refractivity (Wildman–Crippen MR) is 64.5 cm³/mol. The summed E-state index contributed by atoms with van der Waals surface area (Å²) < 4.78 is 5.46. The number of nitrogens with two attached hydrogens (primary N) is 1. The minimum absolute atomic E-state index is 0.248. The molecule has 0 amide bonds. The van der Waals surface area contributed by atoms with Gasteiger partial charge in [-0.15, -0.1) is 0 Å². The number of nitrogens with zero attached hydrogens (tertiary/aromatic N) is 3. The maximum atomic E-state index is 5.52. The van der Waals surface area contributed by atoms with Gasteiger partial charge in [0.15, 0.2) is 0 Å². The van der Waals surface area contributed by atoms with Crippen molar-refractivity contribution in [2.45, 2.75) is 27.3 Å². The van der Waals surface area contributed by atoms with Crippen molar-refractivity contribution < 1.29 is 4.42 Å². The van der Waals surface area contributed by atoms with E-state index in [0.717, 1.165) is 17.0 Å². The van der Waals surface area contributed by atoms with Gasteiger partial charge >= 0.3 is 0 Å². The van der Waals surface area contributed by atoms with E-state index in [1.54, 1.807) is 6.20 Å². The lowest BCUT2D eigenvalue weighted by Crippen LogP contribution is -2.06. The van der Waals surface area contributed by atoms with Gasteiger partial charge in [0.05, 0.1) is 12.2 Å². The molecule has 0 unspecified atom stereocenters. The lowest BCUT2D eigenvalue weighted by Gasteiger charge is -2.06. The molecule has 6 heteroatoms. The van der Waals surface area contributed by atoms with E-state index in [1.165, 1.54) is 0 Å². The second-order valence-electron chi connectivity index (χ2n) is 3.86. The molecule has 2 aromatic rings. The molecule has 0 aliphatic heterocycles. The lowest BCUT2D eigenvalue weighted by atomic mass is 10.3. The molecule has 2 heterocycles. The van der Waals surface area contributed by atoms with Gasteiger partial charge in [-0.2, -0.15) is 4.98 Å². The normalized spacial score (nSPS) is 10.5. The zero-order valence-corrected chi connectivity index (χ0v) is 10.1. The fraction of sp³-hybridized carbons (Fsp3) is 0.364. The molecule has 0 aliphatic carbocycles. The molecule has 0 aromatic carbocycles. The highest BCUT2D eigenvalue weighted by Gasteiger charge is 2.07. The lowest BCUT2D eigenvalue weighted by molar-refractivity contribution is 0.478. The third-order valence-corrected chi connectivity index (χ3v) is 2.47. The Hall–Kier alpha value is -2.11. The summed E-state index contributed by atoms with van der Waals surface area (Å²) in [5, 5.41) is 3.12. The highest BCUT2D eigenvalue weighted by molar-refractivity contribution is 5.44. The summed E-state index contributed by atoms with van der Waals surface area (Å²) in [6.07, 6.45) is 1.68. The van der Waals surface area contributed by atoms with Gasteiger partial charge in [-0.1, -0.05) is 0 Å². The molecule has 17 heavy (non-hydrogen) atoms. The third kappa shape index (κ3) is 2.52. The van der Waals surface area contributed by atoms with E-state index in [-0.39, 0.29) is 5.95 Å². The number of nitrogens with one attached hydrogen (secondary N) is 1. The van der Waals surface area contributed by atoms with E-state index in [2.05, 4.69) is 20.3 Å². The number of anilines is 2. The summed E-state index contributed by atoms with van der Waals surface area (Å²) in [6.45, 7) is 6.19. The molecule has 3 N–H and O–H groups in total. The van der Waals surface area contributed by atoms with Gasteiger partial charge in [-0.3, -0.25) is 0 Å². The van der Waals surface area contributed by atoms with Crippen LogP contribution in [0.15, 0.2) is 10.6 Å². The van der Waals surface area contributed by atoms with Gasteiger partial charge < -0.3 is 15.5 Å². The highest BCUT2D eigenvalue weighted by Crippen LogP contribution is 2.13. The van der Waals surface area contributed by atoms with E-state index in [0.29, 0.717) is 18.3 Å². The molecule has 0 radical (unpaired) electrons. The fourth-order valence-electron chi connectivity index (χ4n) is 1.41. The van der Waals surface area contributed by atoms with Crippen LogP contribution in [0.1, 0.15) is 22.9 Å². The van der Waals surface area contributed by atoms with Gasteiger partial charge in [0.1, 0.15) is 11.6 Å². The van der Waals surface area contributed by atoms with Crippen molar-refractivity contribution in [2.75, 3.05) is 11.1 Å². The van der Waals surface area contributed by atoms with E-state index in [1.807, 2.05) is 20.8 Å². The van der Waals surface area contributed by atoms with Gasteiger partial charge in [-0.05, 0) is 20.8 Å². The smallest absolute Gasteiger partial charge is 0.221 e. The topological polar surface area (TPSA) is 89.9 Å². The monoisotopic (exact) mass is 233 g/mol. The molecule has 2 rings (SSSR count). The summed E-state index contributed by atoms with van der Waals surface area (Å²) in [5.41, 5.74) is 7.36. The van der Waals surface area contributed by atoms with Crippen LogP contribution in [0.2, 0.25) is 0 Å². The SMILES string of the molecule is Cc1cnc(N)nc1NCc1nc(C)c(C)o1. The first kappa shape index (κ1) is 11.4. The highest BCUT2D eigenvalue weighted by atomic mass is 16.4. The third-order valence-electron chi connectivity index (χ3n) is 2.47. The van der Waals surface area contributed by atoms with E-state index >= 15 is 0 Å². The minimum atomic E-state index is 0.248. The molecule has 0 fully saturated rings. The Morgan fingerprint density at radius 1 is 1.29 bits per heavy atom. The van der Waals surface area contributed by atoms with Crippen LogP contribution >= 0.6 is 0 Å². The number of oxazole rings is 1. The molecule has 0 atom stereocenters. The van der Waals surface area contributed by atoms with Crippen molar-refractivity contribution in [1.82, 2.24) is 15.0 Å². The van der Waals surface area contributed by atoms with Gasteiger partial charge in [0.25, 0.3) is 0 Å². The molecule has 0 saturated carbocycles. The van der Waals surface area contributed by atoms with Crippen LogP contribution in [-0.4, -0.2) is 15.0 Å². The molecule has 0 bridgehead atoms. The number of nitrogen functional groups attached to an aromatic ring is 1. The second-order valence-corrected chi connectivity index (χ2v) is 3.86. The Kier molecular flexibility index (Phi) is 2.95. The summed E-state index contributed by atoms with van der Waals surface area (Å²) >= 11 is 0. The Balaban J connectivity index is 2.09. The number of aromatic nitrogens is 3. The second kappa shape index (κ2) is 4.40. The number of hydrogen-bond acceptors (Lipinski definition) is 6. The first-order valence-electron chi connectivity index (χ1n) is 5.32. The van der Waals surface area contributed by atoms with Gasteiger partial charge in [0.2, 0.25) is 11.8 Å². The van der Waals surface area contributed by atoms with E-state index in [9.17, 15) is 0 Å². The first-order chi connectivity index (χ1) is 8.06. The molecule has 0 spiro atoms. The van der Waals surface area contributed by atoms with Crippen molar-refractivity contribution in [3.05, 3.63) is 29.1 Å². The first-order valence-corrected chi connectivity index (χ1v) is 5.32. The Bertz CT molecular complexity index is 515. The van der Waals surface area contributed by atoms with Crippen LogP contribution < -0.4 is 11.1 Å². The molecular weight excluding hydrogens is 218 g/mol. The average molecular weight is 233 g/mol. The number of aryl methyl sites for hydroxylation is 3. The van der Waals surface area contributed by atoms with Crippen molar-refractivity contribution >= 4 is 11.8 Å². The number of rotatable bonds is 3. The standard InChI is InChI=1S/C11H15N5O/c1-6-4-14-11(12)16-10(6)13-5-9-15-7(2)8(3)17-9/h4H,5H2,1-3H3,(H3,12,13,14,16). The van der Waals surface area contributed by atoms with E-state index in [4.69, 9.17) is 10.2 Å². The Morgan fingerprint density at radius 2 is 2.06 bits per heavy atom. The van der Waals surface area contributed by atoms with Crippen molar-refractivity contribution in [3.8, 4) is 0 Å². The van der Waals surface area contributed by atoms with Gasteiger partial charge in [0, 0.05) is 11.8 Å². The summed E-state index contributed by atoms with van der Waals surface area (Å²) in [4.78, 5) is 12.3. The van der Waals surface area contributed by atoms with Crippen LogP contribution in [0.3, 0.4) is 0 Å². The Morgan fingerprint density at radius 3 is 2.71 bits per heavy atom. The summed E-state index contributed by atoms with van der Waals surface area (Å²) in [5.74, 6) is 2.42. The maximum Gasteiger partial charge on any atom is 0.221 e. The summed E-state index contributed by atoms with van der Waals surface area (Å²) in [6, 6.07) is 0. The molecule has 90 valence electrons. The molecule has 6 nitrogen and oxygen atoms in total. The molecular formula is C11H15N5O. The van der Waals surface area contributed by atoms with Crippen LogP contribution in [0.5, 0.6) is 0 Å². The Labute approximate surface area is 99.3 Å². The average Bonchev–Trinajstić information content (AvgIpc) is 2.60. The van der Waals surface area contributed by atoms with Crippen molar-refractivity contribution in [1.29, 1.82) is 0 Å². The van der Waals surface area contributed by atoms with Crippen molar-refractivity contribution in [3.63, 3.8) is 0 Å². The quantitative estimate of drug-likeness (QED) is 0.836. The maximum absolute atomic E-state index is 5.52. The van der Waals surface area contributed by atoms with Crippen LogP contribution in [0.4, 0.5) is 11.8 Å². The van der Waals surface area contributed by atoms with Gasteiger partial charge in [-0.25, -0.2) is 9.97 Å². The zero-order valence-electron chi connectivity index (χ0n) is 10.1. The predicted octanol–water partition coefficient (Wildman–Crippen LogP) is 1.58.